The van der Waals surface area contributed by atoms with Crippen molar-refractivity contribution in [2.24, 2.45) is 0 Å². The Labute approximate surface area is 200 Å². The van der Waals surface area contributed by atoms with Crippen LogP contribution < -0.4 is 0 Å². The van der Waals surface area contributed by atoms with Gasteiger partial charge in [0.2, 0.25) is 0 Å². The summed E-state index contributed by atoms with van der Waals surface area (Å²) >= 11 is 15.5. The molecule has 0 nitrogen and oxygen atoms in total. The average Bonchev–Trinajstić information content (AvgIpc) is 2.57. The van der Waals surface area contributed by atoms with Crippen LogP contribution in [-0.4, -0.2) is 0 Å². The molecule has 0 spiro atoms. The summed E-state index contributed by atoms with van der Waals surface area (Å²) in [6, 6.07) is 9.09. The van der Waals surface area contributed by atoms with Crippen molar-refractivity contribution in [2.45, 2.75) is 52.4 Å². The first-order valence-corrected chi connectivity index (χ1v) is 12.5. The number of hydrogen-bond acceptors (Lipinski definition) is 0. The molecule has 0 saturated carbocycles. The van der Waals surface area contributed by atoms with Gasteiger partial charge in [-0.1, -0.05) is 65.8 Å². The SMILES string of the molecule is CC(C)(C)c1ccc2ccc3c(Br)c(Br)c(Br)c4c(Br)c(C(C)(C)C)c1c2c34. The van der Waals surface area contributed by atoms with E-state index in [1.807, 2.05) is 0 Å². The molecule has 0 aliphatic heterocycles. The van der Waals surface area contributed by atoms with E-state index in [0.29, 0.717) is 0 Å². The minimum Gasteiger partial charge on any atom is -0.0573 e. The van der Waals surface area contributed by atoms with Crippen LogP contribution in [0, 0.1) is 0 Å². The lowest BCUT2D eigenvalue weighted by atomic mass is 9.74. The lowest BCUT2D eigenvalue weighted by molar-refractivity contribution is 0.580. The molecule has 146 valence electrons. The van der Waals surface area contributed by atoms with E-state index in [-0.39, 0.29) is 10.8 Å². The van der Waals surface area contributed by atoms with Crippen molar-refractivity contribution in [1.29, 1.82) is 0 Å². The number of benzene rings is 4. The molecule has 0 saturated heterocycles. The fourth-order valence-corrected chi connectivity index (χ4v) is 7.58. The lowest BCUT2D eigenvalue weighted by Gasteiger charge is -2.31. The molecule has 28 heavy (non-hydrogen) atoms. The highest BCUT2D eigenvalue weighted by atomic mass is 79.9. The van der Waals surface area contributed by atoms with Crippen molar-refractivity contribution in [3.05, 3.63) is 53.3 Å². The third-order valence-corrected chi connectivity index (χ3v) is 9.79. The molecule has 0 radical (unpaired) electrons. The Bertz CT molecular complexity index is 1250. The van der Waals surface area contributed by atoms with E-state index in [1.54, 1.807) is 0 Å². The monoisotopic (exact) mass is 626 g/mol. The van der Waals surface area contributed by atoms with Crippen LogP contribution in [0.1, 0.15) is 52.7 Å². The lowest BCUT2D eigenvalue weighted by Crippen LogP contribution is -2.18. The standard InChI is InChI=1S/C24H22Br4/c1-23(2,3)13-10-8-11-7-9-12-15-14(11)16(13)18(24(4,5)6)20(26)17(15)21(27)22(28)19(12)25/h7-10H,1-6H3. The number of hydrogen-bond donors (Lipinski definition) is 0. The van der Waals surface area contributed by atoms with Gasteiger partial charge in [-0.25, -0.2) is 0 Å². The maximum absolute atomic E-state index is 4.04. The molecule has 4 heteroatoms. The van der Waals surface area contributed by atoms with E-state index in [4.69, 9.17) is 0 Å². The van der Waals surface area contributed by atoms with Crippen molar-refractivity contribution in [1.82, 2.24) is 0 Å². The second-order valence-corrected chi connectivity index (χ2v) is 12.8. The molecule has 4 rings (SSSR count). The summed E-state index contributed by atoms with van der Waals surface area (Å²) in [5.74, 6) is 0. The van der Waals surface area contributed by atoms with Gasteiger partial charge in [0.05, 0.1) is 0 Å². The fraction of sp³-hybridized carbons (Fsp3) is 0.333. The van der Waals surface area contributed by atoms with Crippen molar-refractivity contribution in [2.75, 3.05) is 0 Å². The topological polar surface area (TPSA) is 0 Å². The second kappa shape index (κ2) is 6.67. The van der Waals surface area contributed by atoms with Gasteiger partial charge in [0.25, 0.3) is 0 Å². The largest absolute Gasteiger partial charge is 0.0573 e. The third-order valence-electron chi connectivity index (χ3n) is 5.52. The summed E-state index contributed by atoms with van der Waals surface area (Å²) < 4.78 is 4.41. The van der Waals surface area contributed by atoms with Crippen LogP contribution in [-0.2, 0) is 10.8 Å². The molecule has 0 heterocycles. The molecule has 0 amide bonds. The molecule has 0 N–H and O–H groups in total. The third kappa shape index (κ3) is 2.92. The number of rotatable bonds is 0. The summed E-state index contributed by atoms with van der Waals surface area (Å²) in [6.07, 6.45) is 0. The van der Waals surface area contributed by atoms with E-state index in [2.05, 4.69) is 130 Å². The van der Waals surface area contributed by atoms with E-state index < -0.39 is 0 Å². The molecule has 0 fully saturated rings. The quantitative estimate of drug-likeness (QED) is 0.134. The Morgan fingerprint density at radius 1 is 0.536 bits per heavy atom. The van der Waals surface area contributed by atoms with Crippen LogP contribution in [0.3, 0.4) is 0 Å². The van der Waals surface area contributed by atoms with Crippen LogP contribution in [0.15, 0.2) is 42.2 Å². The molecular weight excluding hydrogens is 608 g/mol. The van der Waals surface area contributed by atoms with E-state index in [9.17, 15) is 0 Å². The van der Waals surface area contributed by atoms with E-state index >= 15 is 0 Å². The highest BCUT2D eigenvalue weighted by molar-refractivity contribution is 9.14. The predicted octanol–water partition coefficient (Wildman–Crippen LogP) is 10.2. The van der Waals surface area contributed by atoms with Gasteiger partial charge in [-0.15, -0.1) is 0 Å². The van der Waals surface area contributed by atoms with Crippen LogP contribution in [0.25, 0.3) is 32.3 Å². The van der Waals surface area contributed by atoms with Gasteiger partial charge in [0, 0.05) is 28.7 Å². The number of halogens is 4. The summed E-state index contributed by atoms with van der Waals surface area (Å²) in [5.41, 5.74) is 2.82. The highest BCUT2D eigenvalue weighted by Gasteiger charge is 2.30. The van der Waals surface area contributed by atoms with Crippen LogP contribution in [0.2, 0.25) is 0 Å². The zero-order valence-corrected chi connectivity index (χ0v) is 23.2. The van der Waals surface area contributed by atoms with Crippen molar-refractivity contribution in [3.8, 4) is 0 Å². The summed E-state index contributed by atoms with van der Waals surface area (Å²) in [6.45, 7) is 13.8. The first-order chi connectivity index (χ1) is 12.9. The molecule has 0 aliphatic carbocycles. The minimum absolute atomic E-state index is 0.00798. The minimum atomic E-state index is -0.00798. The fourth-order valence-electron chi connectivity index (χ4n) is 4.32. The van der Waals surface area contributed by atoms with Gasteiger partial charge in [0.1, 0.15) is 0 Å². The zero-order chi connectivity index (χ0) is 20.8. The Kier molecular flexibility index (Phi) is 5.02. The van der Waals surface area contributed by atoms with Crippen LogP contribution >= 0.6 is 63.7 Å². The molecule has 0 aromatic heterocycles. The first-order valence-electron chi connectivity index (χ1n) is 9.33. The average molecular weight is 630 g/mol. The normalized spacial score (nSPS) is 13.4. The van der Waals surface area contributed by atoms with Gasteiger partial charge in [0.15, 0.2) is 0 Å². The Balaban J connectivity index is 2.50. The van der Waals surface area contributed by atoms with Gasteiger partial charge in [-0.05, 0) is 107 Å². The van der Waals surface area contributed by atoms with Crippen LogP contribution in [0.5, 0.6) is 0 Å². The molecule has 0 unspecified atom stereocenters. The van der Waals surface area contributed by atoms with Gasteiger partial charge in [-0.2, -0.15) is 0 Å². The predicted molar refractivity (Wildman–Crippen MR) is 138 cm³/mol. The Morgan fingerprint density at radius 2 is 1.14 bits per heavy atom. The molecule has 0 atom stereocenters. The summed E-state index contributed by atoms with van der Waals surface area (Å²) in [7, 11) is 0. The maximum Gasteiger partial charge on any atom is 0.0472 e. The molecular formula is C24H22Br4. The van der Waals surface area contributed by atoms with Crippen LogP contribution in [0.4, 0.5) is 0 Å². The molecule has 0 aliphatic rings. The zero-order valence-electron chi connectivity index (χ0n) is 16.8. The first kappa shape index (κ1) is 21.1. The molecule has 4 aromatic rings. The smallest absolute Gasteiger partial charge is 0.0472 e. The Morgan fingerprint density at radius 3 is 1.71 bits per heavy atom. The molecule has 4 aromatic carbocycles. The van der Waals surface area contributed by atoms with E-state index in [1.165, 1.54) is 47.9 Å². The van der Waals surface area contributed by atoms with Crippen molar-refractivity contribution < 1.29 is 0 Å². The second-order valence-electron chi connectivity index (χ2n) is 9.58. The highest BCUT2D eigenvalue weighted by Crippen LogP contribution is 2.53. The Hall–Kier alpha value is -0.160. The van der Waals surface area contributed by atoms with Gasteiger partial charge in [-0.3, -0.25) is 0 Å². The maximum atomic E-state index is 4.04. The van der Waals surface area contributed by atoms with Gasteiger partial charge >= 0.3 is 0 Å². The summed E-state index contributed by atoms with van der Waals surface area (Å²) in [5, 5.41) is 7.82. The van der Waals surface area contributed by atoms with Crippen molar-refractivity contribution >= 4 is 96.0 Å². The molecule has 0 bridgehead atoms. The van der Waals surface area contributed by atoms with E-state index in [0.717, 1.165) is 13.4 Å². The van der Waals surface area contributed by atoms with Crippen molar-refractivity contribution in [3.63, 3.8) is 0 Å². The summed E-state index contributed by atoms with van der Waals surface area (Å²) in [4.78, 5) is 0. The van der Waals surface area contributed by atoms with Gasteiger partial charge < -0.3 is 0 Å².